The number of carbonyl (C=O) groups is 2. The number of thioether (sulfide) groups is 1. The molecule has 1 amide bonds. The lowest BCUT2D eigenvalue weighted by atomic mass is 10.1. The number of hydrogen-bond acceptors (Lipinski definition) is 7. The van der Waals surface area contributed by atoms with Crippen molar-refractivity contribution in [1.29, 1.82) is 0 Å². The van der Waals surface area contributed by atoms with Crippen molar-refractivity contribution in [3.8, 4) is 5.75 Å². The summed E-state index contributed by atoms with van der Waals surface area (Å²) in [5, 5.41) is 12.7. The van der Waals surface area contributed by atoms with Gasteiger partial charge in [0.2, 0.25) is 0 Å². The summed E-state index contributed by atoms with van der Waals surface area (Å²) in [5.74, 6) is 0.985. The van der Waals surface area contributed by atoms with Crippen LogP contribution in [0.25, 0.3) is 0 Å². The van der Waals surface area contributed by atoms with Crippen LogP contribution in [0.3, 0.4) is 0 Å². The second kappa shape index (κ2) is 15.2. The summed E-state index contributed by atoms with van der Waals surface area (Å²) >= 11 is 1.72. The van der Waals surface area contributed by atoms with Gasteiger partial charge in [-0.25, -0.2) is 0 Å². The molecule has 0 unspecified atom stereocenters. The first-order chi connectivity index (χ1) is 21.4. The molecule has 3 atom stereocenters. The fraction of sp³-hybridized carbons (Fsp3) is 0.412. The molecular weight excluding hydrogens is 605 g/mol. The van der Waals surface area contributed by atoms with Crippen LogP contribution >= 0.6 is 11.8 Å². The van der Waals surface area contributed by atoms with E-state index < -0.39 is 23.4 Å². The van der Waals surface area contributed by atoms with Crippen LogP contribution in [-0.2, 0) is 15.7 Å². The molecule has 3 aromatic rings. The minimum absolute atomic E-state index is 0.0306. The molecular formula is C34H39F3N2O5S. The molecule has 1 aliphatic heterocycles. The van der Waals surface area contributed by atoms with E-state index in [1.54, 1.807) is 37.7 Å². The highest BCUT2D eigenvalue weighted by atomic mass is 32.2. The van der Waals surface area contributed by atoms with E-state index in [4.69, 9.17) is 9.47 Å². The molecule has 1 heterocycles. The molecule has 11 heteroatoms. The van der Waals surface area contributed by atoms with Gasteiger partial charge < -0.3 is 29.6 Å². The van der Waals surface area contributed by atoms with E-state index in [1.165, 1.54) is 12.1 Å². The molecule has 1 fully saturated rings. The molecule has 0 bridgehead atoms. The van der Waals surface area contributed by atoms with Gasteiger partial charge in [0.1, 0.15) is 17.5 Å². The van der Waals surface area contributed by atoms with Gasteiger partial charge in [-0.3, -0.25) is 4.79 Å². The van der Waals surface area contributed by atoms with Crippen LogP contribution in [0.4, 0.5) is 18.9 Å². The van der Waals surface area contributed by atoms with Crippen LogP contribution in [0.1, 0.15) is 61.1 Å². The molecule has 45 heavy (non-hydrogen) atoms. The first-order valence-electron chi connectivity index (χ1n) is 14.9. The van der Waals surface area contributed by atoms with Crippen LogP contribution < -0.4 is 15.0 Å². The average Bonchev–Trinajstić information content (AvgIpc) is 3.41. The minimum Gasteiger partial charge on any atom is -0.489 e. The van der Waals surface area contributed by atoms with Crippen molar-refractivity contribution in [3.63, 3.8) is 0 Å². The Kier molecular flexibility index (Phi) is 11.6. The summed E-state index contributed by atoms with van der Waals surface area (Å²) in [6, 6.07) is 19.1. The molecule has 0 aromatic heterocycles. The third-order valence-corrected chi connectivity index (χ3v) is 8.48. The van der Waals surface area contributed by atoms with Gasteiger partial charge in [0, 0.05) is 35.2 Å². The minimum atomic E-state index is -4.42. The summed E-state index contributed by atoms with van der Waals surface area (Å²) in [6.45, 7) is 5.95. The topological polar surface area (TPSA) is 88.1 Å². The van der Waals surface area contributed by atoms with Crippen molar-refractivity contribution in [2.24, 2.45) is 0 Å². The normalized spacial score (nSPS) is 17.6. The Hall–Kier alpha value is -3.54. The Morgan fingerprint density at radius 3 is 2.31 bits per heavy atom. The quantitative estimate of drug-likeness (QED) is 0.149. The van der Waals surface area contributed by atoms with E-state index in [0.29, 0.717) is 30.7 Å². The number of halogens is 3. The van der Waals surface area contributed by atoms with Crippen LogP contribution in [0.2, 0.25) is 0 Å². The maximum atomic E-state index is 13.4. The Bertz CT molecular complexity index is 1400. The number of hydrogen-bond donors (Lipinski definition) is 2. The van der Waals surface area contributed by atoms with Crippen molar-refractivity contribution in [1.82, 2.24) is 5.32 Å². The fourth-order valence-corrected chi connectivity index (χ4v) is 5.84. The highest BCUT2D eigenvalue weighted by Gasteiger charge is 2.34. The zero-order valence-electron chi connectivity index (χ0n) is 25.5. The van der Waals surface area contributed by atoms with E-state index >= 15 is 0 Å². The average molecular weight is 645 g/mol. The molecule has 0 aliphatic carbocycles. The highest BCUT2D eigenvalue weighted by molar-refractivity contribution is 7.99. The molecule has 242 valence electrons. The SMILES string of the molecule is CCSc1ccc([C@H](COC(C)(C)C=O)NC(=O)c2ccc(N3C[C@@H](Oc4ccc(C(F)(F)F)cc4)C[C@H]3CCO)cc2)cc1. The molecule has 1 aliphatic rings. The third kappa shape index (κ3) is 9.48. The zero-order valence-corrected chi connectivity index (χ0v) is 26.4. The van der Waals surface area contributed by atoms with Crippen molar-refractivity contribution in [2.75, 3.05) is 30.4 Å². The fourth-order valence-electron chi connectivity index (χ4n) is 5.18. The van der Waals surface area contributed by atoms with E-state index in [-0.39, 0.29) is 31.3 Å². The van der Waals surface area contributed by atoms with Gasteiger partial charge in [0.15, 0.2) is 6.29 Å². The molecule has 3 aromatic carbocycles. The molecule has 0 saturated carbocycles. The molecule has 0 spiro atoms. The number of carbonyl (C=O) groups excluding carboxylic acids is 2. The number of rotatable bonds is 14. The zero-order chi connectivity index (χ0) is 32.6. The Labute approximate surface area is 266 Å². The van der Waals surface area contributed by atoms with Gasteiger partial charge >= 0.3 is 6.18 Å². The summed E-state index contributed by atoms with van der Waals surface area (Å²) in [4.78, 5) is 28.0. The highest BCUT2D eigenvalue weighted by Crippen LogP contribution is 2.33. The van der Waals surface area contributed by atoms with E-state index in [2.05, 4.69) is 17.1 Å². The predicted octanol–water partition coefficient (Wildman–Crippen LogP) is 6.69. The van der Waals surface area contributed by atoms with Crippen molar-refractivity contribution < 1.29 is 37.3 Å². The smallest absolute Gasteiger partial charge is 0.416 e. The van der Waals surface area contributed by atoms with E-state index in [9.17, 15) is 27.9 Å². The largest absolute Gasteiger partial charge is 0.489 e. The number of aldehydes is 1. The van der Waals surface area contributed by atoms with E-state index in [0.717, 1.165) is 40.3 Å². The van der Waals surface area contributed by atoms with Gasteiger partial charge in [-0.1, -0.05) is 19.1 Å². The third-order valence-electron chi connectivity index (χ3n) is 7.59. The lowest BCUT2D eigenvalue weighted by Crippen LogP contribution is -2.36. The lowest BCUT2D eigenvalue weighted by Gasteiger charge is -2.26. The molecule has 7 nitrogen and oxygen atoms in total. The van der Waals surface area contributed by atoms with Gasteiger partial charge in [-0.15, -0.1) is 11.8 Å². The summed E-state index contributed by atoms with van der Waals surface area (Å²) in [6.07, 6.45) is -2.91. The second-order valence-corrected chi connectivity index (χ2v) is 12.8. The number of aliphatic hydroxyl groups is 1. The molecule has 4 rings (SSSR count). The van der Waals surface area contributed by atoms with Gasteiger partial charge in [0.05, 0.1) is 24.8 Å². The van der Waals surface area contributed by atoms with E-state index in [1.807, 2.05) is 36.4 Å². The molecule has 0 radical (unpaired) electrons. The number of amides is 1. The van der Waals surface area contributed by atoms with Gasteiger partial charge in [-0.05, 0) is 92.2 Å². The first-order valence-corrected chi connectivity index (χ1v) is 15.9. The van der Waals surface area contributed by atoms with Crippen LogP contribution in [0.5, 0.6) is 5.75 Å². The van der Waals surface area contributed by atoms with Crippen molar-refractivity contribution in [3.05, 3.63) is 89.5 Å². The Morgan fingerprint density at radius 2 is 1.73 bits per heavy atom. The summed E-state index contributed by atoms with van der Waals surface area (Å²) < 4.78 is 50.6. The van der Waals surface area contributed by atoms with Crippen molar-refractivity contribution in [2.45, 2.75) is 68.5 Å². The van der Waals surface area contributed by atoms with Gasteiger partial charge in [0.25, 0.3) is 5.91 Å². The van der Waals surface area contributed by atoms with Crippen LogP contribution in [-0.4, -0.2) is 60.6 Å². The second-order valence-electron chi connectivity index (χ2n) is 11.4. The number of benzene rings is 3. The number of nitrogens with one attached hydrogen (secondary N) is 1. The standard InChI is InChI=1S/C34H39F3N2O5S/c1-4-45-30-15-7-23(8-16-30)31(21-43-33(2,3)22-41)38-32(42)24-5-11-26(12-6-24)39-20-29(19-27(39)17-18-40)44-28-13-9-25(10-14-28)34(35,36)37/h5-16,22,27,29,31,40H,4,17-21H2,1-3H3,(H,38,42)/t27-,29+,31+/m1/s1. The van der Waals surface area contributed by atoms with Crippen LogP contribution in [0.15, 0.2) is 77.7 Å². The van der Waals surface area contributed by atoms with Crippen LogP contribution in [0, 0.1) is 0 Å². The summed E-state index contributed by atoms with van der Waals surface area (Å²) in [7, 11) is 0. The van der Waals surface area contributed by atoms with Gasteiger partial charge in [-0.2, -0.15) is 13.2 Å². The molecule has 2 N–H and O–H groups in total. The lowest BCUT2D eigenvalue weighted by molar-refractivity contribution is -0.137. The number of alkyl halides is 3. The summed E-state index contributed by atoms with van der Waals surface area (Å²) in [5.41, 5.74) is 0.382. The number of nitrogens with zero attached hydrogens (tertiary/aromatic N) is 1. The monoisotopic (exact) mass is 644 g/mol. The Morgan fingerprint density at radius 1 is 1.07 bits per heavy atom. The number of ether oxygens (including phenoxy) is 2. The number of aliphatic hydroxyl groups excluding tert-OH is 1. The first kappa shape index (κ1) is 34.3. The maximum Gasteiger partial charge on any atom is 0.416 e. The number of anilines is 1. The predicted molar refractivity (Wildman–Crippen MR) is 169 cm³/mol. The van der Waals surface area contributed by atoms with Crippen molar-refractivity contribution >= 4 is 29.6 Å². The Balaban J connectivity index is 1.44. The molecule has 1 saturated heterocycles. The maximum absolute atomic E-state index is 13.4.